The smallest absolute Gasteiger partial charge is 0.247 e. The van der Waals surface area contributed by atoms with E-state index in [0.29, 0.717) is 5.82 Å². The number of hydrazine groups is 2. The van der Waals surface area contributed by atoms with Crippen LogP contribution in [0.2, 0.25) is 0 Å². The molecule has 0 unspecified atom stereocenters. The standard InChI is InChI=1S/C5H7N5O2S/c6-13(11,12)10-4-5-7-2-1-3-9(5)8-10/h1-4,8H,(H2,6,11,12). The first-order chi connectivity index (χ1) is 6.07. The summed E-state index contributed by atoms with van der Waals surface area (Å²) >= 11 is 0. The van der Waals surface area contributed by atoms with Gasteiger partial charge >= 0.3 is 10.2 Å². The van der Waals surface area contributed by atoms with Crippen LogP contribution in [0.3, 0.4) is 0 Å². The predicted molar refractivity (Wildman–Crippen MR) is 45.6 cm³/mol. The van der Waals surface area contributed by atoms with E-state index in [1.165, 1.54) is 11.2 Å². The van der Waals surface area contributed by atoms with Crippen LogP contribution in [0.5, 0.6) is 0 Å². The van der Waals surface area contributed by atoms with Crippen molar-refractivity contribution < 1.29 is 8.42 Å². The molecular weight excluding hydrogens is 194 g/mol. The van der Waals surface area contributed by atoms with Gasteiger partial charge in [0.1, 0.15) is 0 Å². The maximum Gasteiger partial charge on any atom is 0.313 e. The highest BCUT2D eigenvalue weighted by Gasteiger charge is 2.25. The summed E-state index contributed by atoms with van der Waals surface area (Å²) < 4.78 is 22.5. The average Bonchev–Trinajstić information content (AvgIpc) is 2.45. The van der Waals surface area contributed by atoms with Crippen molar-refractivity contribution in [1.82, 2.24) is 15.0 Å². The van der Waals surface area contributed by atoms with E-state index in [1.807, 2.05) is 0 Å². The number of nitrogens with one attached hydrogen (secondary N) is 1. The van der Waals surface area contributed by atoms with E-state index in [1.54, 1.807) is 18.5 Å². The lowest BCUT2D eigenvalue weighted by molar-refractivity contribution is 0.252. The molecule has 0 spiro atoms. The van der Waals surface area contributed by atoms with Gasteiger partial charge in [-0.05, 0) is 6.08 Å². The Morgan fingerprint density at radius 2 is 2.31 bits per heavy atom. The quantitative estimate of drug-likeness (QED) is 0.547. The minimum Gasteiger partial charge on any atom is -0.247 e. The second-order valence-electron chi connectivity index (χ2n) is 2.42. The molecule has 0 fully saturated rings. The van der Waals surface area contributed by atoms with Crippen molar-refractivity contribution >= 4 is 16.4 Å². The zero-order chi connectivity index (χ0) is 9.47. The Hall–Kier alpha value is -1.38. The molecule has 0 aromatic heterocycles. The summed E-state index contributed by atoms with van der Waals surface area (Å²) in [4.78, 5) is 3.91. The Kier molecular flexibility index (Phi) is 1.62. The summed E-state index contributed by atoms with van der Waals surface area (Å²) in [6.07, 6.45) is 6.13. The largest absolute Gasteiger partial charge is 0.313 e. The van der Waals surface area contributed by atoms with Crippen molar-refractivity contribution in [2.75, 3.05) is 0 Å². The van der Waals surface area contributed by atoms with E-state index in [0.717, 1.165) is 4.41 Å². The van der Waals surface area contributed by atoms with Gasteiger partial charge in [-0.15, -0.1) is 5.53 Å². The van der Waals surface area contributed by atoms with Crippen LogP contribution in [0.4, 0.5) is 0 Å². The van der Waals surface area contributed by atoms with E-state index >= 15 is 0 Å². The summed E-state index contributed by atoms with van der Waals surface area (Å²) in [5, 5.41) is 6.32. The molecule has 0 saturated heterocycles. The lowest BCUT2D eigenvalue weighted by Crippen LogP contribution is -2.44. The summed E-state index contributed by atoms with van der Waals surface area (Å²) in [7, 11) is -3.76. The van der Waals surface area contributed by atoms with Gasteiger partial charge in [0.05, 0.1) is 6.20 Å². The molecule has 2 aliphatic rings. The molecule has 2 rings (SSSR count). The second-order valence-corrected chi connectivity index (χ2v) is 3.84. The van der Waals surface area contributed by atoms with Gasteiger partial charge in [0.2, 0.25) is 0 Å². The fourth-order valence-corrected chi connectivity index (χ4v) is 1.38. The zero-order valence-electron chi connectivity index (χ0n) is 6.45. The molecule has 0 atom stereocenters. The van der Waals surface area contributed by atoms with Crippen molar-refractivity contribution in [1.29, 1.82) is 0 Å². The second kappa shape index (κ2) is 2.55. The Balaban J connectivity index is 2.31. The molecule has 0 aromatic carbocycles. The van der Waals surface area contributed by atoms with Crippen LogP contribution >= 0.6 is 0 Å². The van der Waals surface area contributed by atoms with E-state index in [9.17, 15) is 8.42 Å². The SMILES string of the molecule is NS(=O)(=O)N1C=C2N=CC=CN2N1. The van der Waals surface area contributed by atoms with Gasteiger partial charge in [0, 0.05) is 12.4 Å². The minimum absolute atomic E-state index is 0.469. The van der Waals surface area contributed by atoms with Crippen molar-refractivity contribution in [2.45, 2.75) is 0 Å². The Labute approximate surface area is 74.9 Å². The van der Waals surface area contributed by atoms with Gasteiger partial charge in [0.25, 0.3) is 0 Å². The van der Waals surface area contributed by atoms with Crippen molar-refractivity contribution in [2.24, 2.45) is 10.1 Å². The fraction of sp³-hybridized carbons (Fsp3) is 0. The predicted octanol–water partition coefficient (Wildman–Crippen LogP) is -1.38. The lowest BCUT2D eigenvalue weighted by atomic mass is 10.5. The molecule has 0 radical (unpaired) electrons. The molecule has 3 N–H and O–H groups in total. The summed E-state index contributed by atoms with van der Waals surface area (Å²) in [5.41, 5.74) is 2.49. The van der Waals surface area contributed by atoms with Crippen LogP contribution < -0.4 is 10.7 Å². The maximum absolute atomic E-state index is 10.9. The van der Waals surface area contributed by atoms with E-state index < -0.39 is 10.2 Å². The van der Waals surface area contributed by atoms with Crippen LogP contribution in [0.1, 0.15) is 0 Å². The Bertz CT molecular complexity index is 409. The first-order valence-electron chi connectivity index (χ1n) is 3.38. The lowest BCUT2D eigenvalue weighted by Gasteiger charge is -2.18. The molecule has 8 heteroatoms. The molecule has 2 heterocycles. The highest BCUT2D eigenvalue weighted by Crippen LogP contribution is 2.15. The van der Waals surface area contributed by atoms with Gasteiger partial charge in [-0.2, -0.15) is 12.8 Å². The summed E-state index contributed by atoms with van der Waals surface area (Å²) in [6.45, 7) is 0. The minimum atomic E-state index is -3.76. The third-order valence-corrected chi connectivity index (χ3v) is 2.22. The van der Waals surface area contributed by atoms with Gasteiger partial charge in [-0.25, -0.2) is 15.1 Å². The number of nitrogens with zero attached hydrogens (tertiary/aromatic N) is 3. The molecule has 0 amide bonds. The zero-order valence-corrected chi connectivity index (χ0v) is 7.27. The first-order valence-corrected chi connectivity index (χ1v) is 4.88. The number of aliphatic imine (C=N–C) groups is 1. The fourth-order valence-electron chi connectivity index (χ4n) is 0.933. The van der Waals surface area contributed by atoms with Gasteiger partial charge in [-0.3, -0.25) is 0 Å². The van der Waals surface area contributed by atoms with E-state index in [2.05, 4.69) is 10.5 Å². The van der Waals surface area contributed by atoms with Gasteiger partial charge in [-0.1, -0.05) is 0 Å². The normalized spacial score (nSPS) is 20.5. The Morgan fingerprint density at radius 3 is 2.92 bits per heavy atom. The molecule has 0 aromatic rings. The van der Waals surface area contributed by atoms with Crippen LogP contribution in [0.15, 0.2) is 29.3 Å². The van der Waals surface area contributed by atoms with Crippen LogP contribution in [-0.2, 0) is 10.2 Å². The van der Waals surface area contributed by atoms with E-state index in [4.69, 9.17) is 5.14 Å². The third kappa shape index (κ3) is 1.41. The first kappa shape index (κ1) is 8.23. The number of nitrogens with two attached hydrogens (primary N) is 1. The molecule has 13 heavy (non-hydrogen) atoms. The summed E-state index contributed by atoms with van der Waals surface area (Å²) in [5.74, 6) is 0.469. The third-order valence-electron chi connectivity index (χ3n) is 1.49. The average molecular weight is 201 g/mol. The Morgan fingerprint density at radius 1 is 1.54 bits per heavy atom. The molecule has 70 valence electrons. The molecule has 2 aliphatic heterocycles. The monoisotopic (exact) mass is 201 g/mol. The number of rotatable bonds is 1. The molecule has 0 bridgehead atoms. The molecular formula is C5H7N5O2S. The molecule has 7 nitrogen and oxygen atoms in total. The molecule has 0 aliphatic carbocycles. The van der Waals surface area contributed by atoms with Gasteiger partial charge in [0.15, 0.2) is 5.82 Å². The van der Waals surface area contributed by atoms with Crippen LogP contribution in [-0.4, -0.2) is 24.1 Å². The number of hydrogen-bond acceptors (Lipinski definition) is 5. The van der Waals surface area contributed by atoms with Gasteiger partial charge < -0.3 is 0 Å². The number of hydrogen-bond donors (Lipinski definition) is 2. The maximum atomic E-state index is 10.9. The number of fused-ring (bicyclic) bond motifs is 1. The molecule has 0 saturated carbocycles. The topological polar surface area (TPSA) is 91.0 Å². The van der Waals surface area contributed by atoms with Crippen molar-refractivity contribution in [3.63, 3.8) is 0 Å². The number of allylic oxidation sites excluding steroid dienone is 1. The highest BCUT2D eigenvalue weighted by atomic mass is 32.2. The van der Waals surface area contributed by atoms with Crippen molar-refractivity contribution in [3.8, 4) is 0 Å². The summed E-state index contributed by atoms with van der Waals surface area (Å²) in [6, 6.07) is 0. The highest BCUT2D eigenvalue weighted by molar-refractivity contribution is 7.86. The van der Waals surface area contributed by atoms with Crippen molar-refractivity contribution in [3.05, 3.63) is 24.3 Å². The van der Waals surface area contributed by atoms with E-state index in [-0.39, 0.29) is 0 Å². The van der Waals surface area contributed by atoms with Crippen LogP contribution in [0.25, 0.3) is 0 Å². The van der Waals surface area contributed by atoms with Crippen LogP contribution in [0, 0.1) is 0 Å².